The molecule has 0 bridgehead atoms. The molecule has 1 aromatic heterocycles. The molecule has 0 unspecified atom stereocenters. The molecule has 3 rings (SSSR count). The number of hydrogen-bond acceptors (Lipinski definition) is 4. The van der Waals surface area contributed by atoms with Crippen LogP contribution in [-0.2, 0) is 4.79 Å². The number of aryl methyl sites for hydroxylation is 2. The second-order valence-corrected chi connectivity index (χ2v) is 7.71. The first-order valence-corrected chi connectivity index (χ1v) is 9.96. The number of halogens is 2. The molecule has 1 amide bonds. The zero-order valence-corrected chi connectivity index (χ0v) is 17.1. The molecule has 0 fully saturated rings. The summed E-state index contributed by atoms with van der Waals surface area (Å²) in [5.41, 5.74) is 4.38. The minimum absolute atomic E-state index is 0.166. The van der Waals surface area contributed by atoms with Crippen LogP contribution in [0.2, 0.25) is 10.0 Å². The zero-order valence-electron chi connectivity index (χ0n) is 14.8. The van der Waals surface area contributed by atoms with Crippen LogP contribution >= 0.6 is 35.0 Å². The third-order valence-electron chi connectivity index (χ3n) is 3.74. The molecule has 138 valence electrons. The van der Waals surface area contributed by atoms with Gasteiger partial charge in [-0.15, -0.1) is 0 Å². The second kappa shape index (κ2) is 8.74. The van der Waals surface area contributed by atoms with Gasteiger partial charge in [-0.25, -0.2) is 9.97 Å². The molecule has 1 N–H and O–H groups in total. The molecular weight excluding hydrogens is 401 g/mol. The molecule has 0 spiro atoms. The fourth-order valence-corrected chi connectivity index (χ4v) is 3.45. The van der Waals surface area contributed by atoms with Crippen LogP contribution in [0.5, 0.6) is 0 Å². The van der Waals surface area contributed by atoms with E-state index in [-0.39, 0.29) is 11.7 Å². The maximum absolute atomic E-state index is 12.2. The lowest BCUT2D eigenvalue weighted by Gasteiger charge is -2.09. The number of hydrogen-bond donors (Lipinski definition) is 1. The first-order chi connectivity index (χ1) is 12.9. The summed E-state index contributed by atoms with van der Waals surface area (Å²) in [6.45, 7) is 3.95. The number of amides is 1. The summed E-state index contributed by atoms with van der Waals surface area (Å²) in [5, 5.41) is 4.03. The van der Waals surface area contributed by atoms with E-state index in [0.29, 0.717) is 20.9 Å². The van der Waals surface area contributed by atoms with Crippen molar-refractivity contribution in [3.05, 3.63) is 69.8 Å². The molecule has 0 aliphatic heterocycles. The quantitative estimate of drug-likeness (QED) is 0.420. The molecule has 0 radical (unpaired) electrons. The van der Waals surface area contributed by atoms with E-state index in [2.05, 4.69) is 15.3 Å². The second-order valence-electron chi connectivity index (χ2n) is 5.98. The highest BCUT2D eigenvalue weighted by molar-refractivity contribution is 7.99. The van der Waals surface area contributed by atoms with Gasteiger partial charge < -0.3 is 5.32 Å². The van der Waals surface area contributed by atoms with E-state index in [1.807, 2.05) is 44.2 Å². The first-order valence-electron chi connectivity index (χ1n) is 8.22. The fourth-order valence-electron chi connectivity index (χ4n) is 2.39. The topological polar surface area (TPSA) is 54.9 Å². The SMILES string of the molecule is Cc1ccc(-c2cc(C)nc(SCC(=O)Nc3cccc(Cl)c3Cl)n2)cc1. The summed E-state index contributed by atoms with van der Waals surface area (Å²) in [7, 11) is 0. The maximum atomic E-state index is 12.2. The van der Waals surface area contributed by atoms with Gasteiger partial charge in [-0.3, -0.25) is 4.79 Å². The summed E-state index contributed by atoms with van der Waals surface area (Å²) in [4.78, 5) is 21.2. The predicted molar refractivity (Wildman–Crippen MR) is 113 cm³/mol. The number of carbonyl (C=O) groups excluding carboxylic acids is 1. The van der Waals surface area contributed by atoms with Crippen molar-refractivity contribution in [1.29, 1.82) is 0 Å². The molecule has 27 heavy (non-hydrogen) atoms. The van der Waals surface area contributed by atoms with E-state index >= 15 is 0 Å². The third kappa shape index (κ3) is 5.22. The molecule has 0 atom stereocenters. The van der Waals surface area contributed by atoms with Gasteiger partial charge in [0.05, 0.1) is 27.2 Å². The highest BCUT2D eigenvalue weighted by Crippen LogP contribution is 2.30. The molecule has 0 saturated carbocycles. The maximum Gasteiger partial charge on any atom is 0.234 e. The third-order valence-corrected chi connectivity index (χ3v) is 5.41. The molecule has 0 aliphatic carbocycles. The molecule has 2 aromatic carbocycles. The Morgan fingerprint density at radius 2 is 1.81 bits per heavy atom. The van der Waals surface area contributed by atoms with Gasteiger partial charge in [-0.1, -0.05) is 70.9 Å². The number of anilines is 1. The van der Waals surface area contributed by atoms with Crippen LogP contribution in [0.4, 0.5) is 5.69 Å². The number of rotatable bonds is 5. The van der Waals surface area contributed by atoms with Crippen molar-refractivity contribution in [1.82, 2.24) is 9.97 Å². The zero-order chi connectivity index (χ0) is 19.4. The summed E-state index contributed by atoms with van der Waals surface area (Å²) in [6, 6.07) is 15.2. The molecule has 0 saturated heterocycles. The van der Waals surface area contributed by atoms with Gasteiger partial charge in [0, 0.05) is 11.3 Å². The monoisotopic (exact) mass is 417 g/mol. The summed E-state index contributed by atoms with van der Waals surface area (Å²) >= 11 is 13.3. The molecule has 4 nitrogen and oxygen atoms in total. The average molecular weight is 418 g/mol. The van der Waals surface area contributed by atoms with Gasteiger partial charge in [0.15, 0.2) is 5.16 Å². The van der Waals surface area contributed by atoms with Gasteiger partial charge in [0.25, 0.3) is 0 Å². The lowest BCUT2D eigenvalue weighted by atomic mass is 10.1. The van der Waals surface area contributed by atoms with Crippen LogP contribution in [0, 0.1) is 13.8 Å². The number of thioether (sulfide) groups is 1. The first kappa shape index (κ1) is 19.7. The standard InChI is InChI=1S/C20H17Cl2N3OS/c1-12-6-8-14(9-7-12)17-10-13(2)23-20(25-17)27-11-18(26)24-16-5-3-4-15(21)19(16)22/h3-10H,11H2,1-2H3,(H,24,26). The van der Waals surface area contributed by atoms with E-state index in [9.17, 15) is 4.79 Å². The average Bonchev–Trinajstić information content (AvgIpc) is 2.64. The van der Waals surface area contributed by atoms with Gasteiger partial charge in [0.1, 0.15) is 0 Å². The van der Waals surface area contributed by atoms with E-state index in [0.717, 1.165) is 17.0 Å². The van der Waals surface area contributed by atoms with Crippen LogP contribution in [0.1, 0.15) is 11.3 Å². The van der Waals surface area contributed by atoms with E-state index in [1.54, 1.807) is 18.2 Å². The van der Waals surface area contributed by atoms with Gasteiger partial charge in [-0.05, 0) is 32.0 Å². The molecule has 3 aromatic rings. The van der Waals surface area contributed by atoms with E-state index in [1.165, 1.54) is 17.3 Å². The molecule has 7 heteroatoms. The lowest BCUT2D eigenvalue weighted by Crippen LogP contribution is -2.14. The smallest absolute Gasteiger partial charge is 0.234 e. The van der Waals surface area contributed by atoms with Crippen molar-refractivity contribution < 1.29 is 4.79 Å². The number of nitrogens with zero attached hydrogens (tertiary/aromatic N) is 2. The largest absolute Gasteiger partial charge is 0.324 e. The molecule has 0 aliphatic rings. The van der Waals surface area contributed by atoms with Crippen LogP contribution in [0.25, 0.3) is 11.3 Å². The van der Waals surface area contributed by atoms with Crippen molar-refractivity contribution in [2.24, 2.45) is 0 Å². The number of aromatic nitrogens is 2. The van der Waals surface area contributed by atoms with Crippen LogP contribution < -0.4 is 5.32 Å². The van der Waals surface area contributed by atoms with Crippen molar-refractivity contribution in [3.8, 4) is 11.3 Å². The molecular formula is C20H17Cl2N3OS. The summed E-state index contributed by atoms with van der Waals surface area (Å²) in [5.74, 6) is -0.0363. The minimum Gasteiger partial charge on any atom is -0.324 e. The van der Waals surface area contributed by atoms with Crippen LogP contribution in [-0.4, -0.2) is 21.6 Å². The molecule has 1 heterocycles. The Hall–Kier alpha value is -2.08. The highest BCUT2D eigenvalue weighted by atomic mass is 35.5. The normalized spacial score (nSPS) is 10.7. The van der Waals surface area contributed by atoms with Gasteiger partial charge >= 0.3 is 0 Å². The van der Waals surface area contributed by atoms with Crippen LogP contribution in [0.3, 0.4) is 0 Å². The highest BCUT2D eigenvalue weighted by Gasteiger charge is 2.11. The van der Waals surface area contributed by atoms with E-state index in [4.69, 9.17) is 23.2 Å². The number of nitrogens with one attached hydrogen (secondary N) is 1. The Morgan fingerprint density at radius 1 is 1.07 bits per heavy atom. The Bertz CT molecular complexity index is 977. The van der Waals surface area contributed by atoms with Crippen molar-refractivity contribution in [2.75, 3.05) is 11.1 Å². The Labute approximate surface area is 172 Å². The van der Waals surface area contributed by atoms with Crippen molar-refractivity contribution in [2.45, 2.75) is 19.0 Å². The number of benzene rings is 2. The predicted octanol–water partition coefficient (Wildman–Crippen LogP) is 5.80. The Kier molecular flexibility index (Phi) is 6.37. The van der Waals surface area contributed by atoms with Crippen LogP contribution in [0.15, 0.2) is 53.7 Å². The van der Waals surface area contributed by atoms with E-state index < -0.39 is 0 Å². The van der Waals surface area contributed by atoms with Crippen molar-refractivity contribution >= 4 is 46.6 Å². The summed E-state index contributed by atoms with van der Waals surface area (Å²) < 4.78 is 0. The Morgan fingerprint density at radius 3 is 2.56 bits per heavy atom. The summed E-state index contributed by atoms with van der Waals surface area (Å²) in [6.07, 6.45) is 0. The lowest BCUT2D eigenvalue weighted by molar-refractivity contribution is -0.113. The van der Waals surface area contributed by atoms with Gasteiger partial charge in [0.2, 0.25) is 5.91 Å². The number of carbonyl (C=O) groups is 1. The van der Waals surface area contributed by atoms with Gasteiger partial charge in [-0.2, -0.15) is 0 Å². The minimum atomic E-state index is -0.203. The fraction of sp³-hybridized carbons (Fsp3) is 0.150. The Balaban J connectivity index is 1.69. The van der Waals surface area contributed by atoms with Crippen molar-refractivity contribution in [3.63, 3.8) is 0 Å².